The molecular formula is C27H24N4O3. The Morgan fingerprint density at radius 3 is 2.47 bits per heavy atom. The van der Waals surface area contributed by atoms with Gasteiger partial charge in [0, 0.05) is 36.1 Å². The molecule has 2 aromatic heterocycles. The molecule has 5 rings (SSSR count). The minimum absolute atomic E-state index is 0.0550. The van der Waals surface area contributed by atoms with Gasteiger partial charge in [0.05, 0.1) is 25.4 Å². The SMILES string of the molecule is COc1ccc(C(=O)CN2c3nc(-c4ccncc4)cc(=O)n3CCC2c2ccccc2)cc1. The lowest BCUT2D eigenvalue weighted by molar-refractivity contribution is 0.0994. The van der Waals surface area contributed by atoms with Gasteiger partial charge in [0.15, 0.2) is 5.78 Å². The van der Waals surface area contributed by atoms with Crippen LogP contribution in [-0.2, 0) is 6.54 Å². The van der Waals surface area contributed by atoms with Crippen molar-refractivity contribution in [3.05, 3.63) is 107 Å². The maximum atomic E-state index is 13.3. The number of methoxy groups -OCH3 is 1. The van der Waals surface area contributed by atoms with E-state index in [9.17, 15) is 9.59 Å². The molecule has 0 saturated carbocycles. The lowest BCUT2D eigenvalue weighted by atomic mass is 9.99. The van der Waals surface area contributed by atoms with Crippen LogP contribution in [0.4, 0.5) is 5.95 Å². The minimum Gasteiger partial charge on any atom is -0.497 e. The first kappa shape index (κ1) is 21.6. The summed E-state index contributed by atoms with van der Waals surface area (Å²) in [5.41, 5.74) is 2.90. The smallest absolute Gasteiger partial charge is 0.255 e. The minimum atomic E-state index is -0.134. The van der Waals surface area contributed by atoms with E-state index in [2.05, 4.69) is 17.1 Å². The van der Waals surface area contributed by atoms with Crippen molar-refractivity contribution in [2.75, 3.05) is 18.6 Å². The Balaban J connectivity index is 1.58. The number of hydrogen-bond donors (Lipinski definition) is 0. The molecule has 7 nitrogen and oxygen atoms in total. The third-order valence-corrected chi connectivity index (χ3v) is 6.13. The van der Waals surface area contributed by atoms with Crippen molar-refractivity contribution in [2.24, 2.45) is 0 Å². The van der Waals surface area contributed by atoms with Crippen LogP contribution in [0.5, 0.6) is 5.75 Å². The van der Waals surface area contributed by atoms with Crippen LogP contribution in [0.2, 0.25) is 0 Å². The summed E-state index contributed by atoms with van der Waals surface area (Å²) >= 11 is 0. The molecule has 34 heavy (non-hydrogen) atoms. The van der Waals surface area contributed by atoms with Gasteiger partial charge in [0.1, 0.15) is 5.75 Å². The molecule has 0 saturated heterocycles. The van der Waals surface area contributed by atoms with Gasteiger partial charge in [-0.05, 0) is 48.4 Å². The third-order valence-electron chi connectivity index (χ3n) is 6.13. The molecule has 0 fully saturated rings. The summed E-state index contributed by atoms with van der Waals surface area (Å²) < 4.78 is 6.87. The van der Waals surface area contributed by atoms with Crippen molar-refractivity contribution >= 4 is 11.7 Å². The number of nitrogens with zero attached hydrogens (tertiary/aromatic N) is 4. The number of aromatic nitrogens is 3. The van der Waals surface area contributed by atoms with E-state index < -0.39 is 0 Å². The molecular weight excluding hydrogens is 428 g/mol. The number of carbonyl (C=O) groups excluding carboxylic acids is 1. The summed E-state index contributed by atoms with van der Waals surface area (Å²) in [5.74, 6) is 1.14. The van der Waals surface area contributed by atoms with Crippen molar-refractivity contribution in [2.45, 2.75) is 19.0 Å². The average molecular weight is 453 g/mol. The third kappa shape index (κ3) is 4.20. The van der Waals surface area contributed by atoms with Crippen LogP contribution in [-0.4, -0.2) is 34.0 Å². The first-order valence-corrected chi connectivity index (χ1v) is 11.1. The molecule has 0 amide bonds. The molecule has 2 aromatic carbocycles. The van der Waals surface area contributed by atoms with Gasteiger partial charge >= 0.3 is 0 Å². The fourth-order valence-corrected chi connectivity index (χ4v) is 4.37. The second-order valence-corrected chi connectivity index (χ2v) is 8.16. The van der Waals surface area contributed by atoms with E-state index in [1.54, 1.807) is 54.4 Å². The van der Waals surface area contributed by atoms with Gasteiger partial charge in [0.2, 0.25) is 5.95 Å². The highest BCUT2D eigenvalue weighted by molar-refractivity contribution is 5.99. The lowest BCUT2D eigenvalue weighted by Gasteiger charge is -2.38. The normalized spacial score (nSPS) is 15.0. The Kier molecular flexibility index (Phi) is 5.91. The van der Waals surface area contributed by atoms with Gasteiger partial charge in [-0.25, -0.2) is 4.98 Å². The van der Waals surface area contributed by atoms with Crippen molar-refractivity contribution in [1.29, 1.82) is 0 Å². The summed E-state index contributed by atoms with van der Waals surface area (Å²) in [4.78, 5) is 37.3. The largest absolute Gasteiger partial charge is 0.497 e. The molecule has 7 heteroatoms. The number of benzene rings is 2. The summed E-state index contributed by atoms with van der Waals surface area (Å²) in [6.07, 6.45) is 4.04. The number of rotatable bonds is 6. The first-order valence-electron chi connectivity index (χ1n) is 11.1. The van der Waals surface area contributed by atoms with Gasteiger partial charge in [-0.15, -0.1) is 0 Å². The summed E-state index contributed by atoms with van der Waals surface area (Å²) in [5, 5.41) is 0. The molecule has 1 aliphatic rings. The highest BCUT2D eigenvalue weighted by Gasteiger charge is 2.31. The number of ether oxygens (including phenoxy) is 1. The van der Waals surface area contributed by atoms with E-state index in [4.69, 9.17) is 9.72 Å². The van der Waals surface area contributed by atoms with Gasteiger partial charge in [-0.3, -0.25) is 19.1 Å². The fourth-order valence-electron chi connectivity index (χ4n) is 4.37. The second-order valence-electron chi connectivity index (χ2n) is 8.16. The van der Waals surface area contributed by atoms with E-state index in [0.717, 1.165) is 11.1 Å². The van der Waals surface area contributed by atoms with Crippen LogP contribution in [0.1, 0.15) is 28.4 Å². The Morgan fingerprint density at radius 1 is 1.03 bits per heavy atom. The van der Waals surface area contributed by atoms with Crippen molar-refractivity contribution in [3.63, 3.8) is 0 Å². The van der Waals surface area contributed by atoms with Crippen LogP contribution in [0.3, 0.4) is 0 Å². The van der Waals surface area contributed by atoms with Crippen LogP contribution >= 0.6 is 0 Å². The van der Waals surface area contributed by atoms with Gasteiger partial charge in [0.25, 0.3) is 5.56 Å². The zero-order valence-corrected chi connectivity index (χ0v) is 18.8. The van der Waals surface area contributed by atoms with Crippen molar-refractivity contribution in [1.82, 2.24) is 14.5 Å². The van der Waals surface area contributed by atoms with E-state index in [-0.39, 0.29) is 23.9 Å². The molecule has 0 aliphatic carbocycles. The maximum Gasteiger partial charge on any atom is 0.255 e. The van der Waals surface area contributed by atoms with E-state index in [1.165, 1.54) is 0 Å². The molecule has 170 valence electrons. The van der Waals surface area contributed by atoms with Crippen LogP contribution in [0.15, 0.2) is 90.0 Å². The molecule has 0 bridgehead atoms. The Bertz CT molecular complexity index is 1350. The number of pyridine rings is 1. The van der Waals surface area contributed by atoms with Gasteiger partial charge in [-0.1, -0.05) is 30.3 Å². The van der Waals surface area contributed by atoms with E-state index >= 15 is 0 Å². The molecule has 4 aromatic rings. The zero-order valence-electron chi connectivity index (χ0n) is 18.8. The standard InChI is InChI=1S/C27H24N4O3/c1-34-22-9-7-21(8-10-22)25(32)18-31-24(20-5-3-2-4-6-20)13-16-30-26(33)17-23(29-27(30)31)19-11-14-28-15-12-19/h2-12,14-15,17,24H,13,16,18H2,1H3. The highest BCUT2D eigenvalue weighted by Crippen LogP contribution is 2.34. The summed E-state index contributed by atoms with van der Waals surface area (Å²) in [6.45, 7) is 0.628. The van der Waals surface area contributed by atoms with E-state index in [1.807, 2.05) is 35.2 Å². The topological polar surface area (TPSA) is 77.3 Å². The molecule has 1 atom stereocenters. The number of fused-ring (bicyclic) bond motifs is 1. The predicted molar refractivity (Wildman–Crippen MR) is 130 cm³/mol. The Morgan fingerprint density at radius 2 is 1.76 bits per heavy atom. The fraction of sp³-hybridized carbons (Fsp3) is 0.185. The molecule has 3 heterocycles. The number of Topliss-reactive ketones (excluding diaryl/α,β-unsaturated/α-hetero) is 1. The Labute approximate surface area is 197 Å². The number of carbonyl (C=O) groups is 1. The molecule has 1 unspecified atom stereocenters. The maximum absolute atomic E-state index is 13.3. The predicted octanol–water partition coefficient (Wildman–Crippen LogP) is 4.15. The monoisotopic (exact) mass is 452 g/mol. The summed E-state index contributed by atoms with van der Waals surface area (Å²) in [6, 6.07) is 22.2. The average Bonchev–Trinajstić information content (AvgIpc) is 2.90. The lowest BCUT2D eigenvalue weighted by Crippen LogP contribution is -2.43. The zero-order chi connectivity index (χ0) is 23.5. The number of hydrogen-bond acceptors (Lipinski definition) is 6. The Hall–Kier alpha value is -4.26. The number of ketones is 1. The second kappa shape index (κ2) is 9.31. The van der Waals surface area contributed by atoms with Crippen LogP contribution < -0.4 is 15.2 Å². The summed E-state index contributed by atoms with van der Waals surface area (Å²) in [7, 11) is 1.59. The van der Waals surface area contributed by atoms with Gasteiger partial charge in [-0.2, -0.15) is 0 Å². The van der Waals surface area contributed by atoms with Crippen molar-refractivity contribution < 1.29 is 9.53 Å². The van der Waals surface area contributed by atoms with Gasteiger partial charge < -0.3 is 9.64 Å². The van der Waals surface area contributed by atoms with Crippen LogP contribution in [0.25, 0.3) is 11.3 Å². The van der Waals surface area contributed by atoms with Crippen molar-refractivity contribution in [3.8, 4) is 17.0 Å². The quantitative estimate of drug-likeness (QED) is 0.409. The number of anilines is 1. The molecule has 0 radical (unpaired) electrons. The molecule has 1 aliphatic heterocycles. The highest BCUT2D eigenvalue weighted by atomic mass is 16.5. The molecule has 0 N–H and O–H groups in total. The van der Waals surface area contributed by atoms with E-state index in [0.29, 0.717) is 35.9 Å². The first-order chi connectivity index (χ1) is 16.6. The molecule has 0 spiro atoms. The van der Waals surface area contributed by atoms with Crippen LogP contribution in [0, 0.1) is 0 Å².